The van der Waals surface area contributed by atoms with Gasteiger partial charge in [-0.1, -0.05) is 17.7 Å². The third-order valence-electron chi connectivity index (χ3n) is 3.09. The molecule has 0 radical (unpaired) electrons. The van der Waals surface area contributed by atoms with Gasteiger partial charge in [0.05, 0.1) is 16.3 Å². The van der Waals surface area contributed by atoms with E-state index in [4.69, 9.17) is 16.3 Å². The predicted molar refractivity (Wildman–Crippen MR) is 74.9 cm³/mol. The molecule has 3 heterocycles. The van der Waals surface area contributed by atoms with E-state index in [0.29, 0.717) is 10.9 Å². The van der Waals surface area contributed by atoms with Gasteiger partial charge in [-0.25, -0.2) is 0 Å². The van der Waals surface area contributed by atoms with Crippen molar-refractivity contribution < 1.29 is 4.74 Å². The summed E-state index contributed by atoms with van der Waals surface area (Å²) in [7, 11) is 0. The molecule has 1 aromatic rings. The van der Waals surface area contributed by atoms with Crippen LogP contribution in [0.15, 0.2) is 23.4 Å². The van der Waals surface area contributed by atoms with Crippen LogP contribution in [0.3, 0.4) is 0 Å². The molecule has 0 saturated heterocycles. The maximum absolute atomic E-state index is 6.32. The van der Waals surface area contributed by atoms with E-state index in [-0.39, 0.29) is 6.23 Å². The topological polar surface area (TPSA) is 58.5 Å². The molecular formula is C13H15ClN4O. The summed E-state index contributed by atoms with van der Waals surface area (Å²) in [6.45, 7) is 3.72. The van der Waals surface area contributed by atoms with Crippen molar-refractivity contribution in [2.24, 2.45) is 5.10 Å². The monoisotopic (exact) mass is 278 g/mol. The maximum Gasteiger partial charge on any atom is 0.241 e. The molecule has 0 spiro atoms. The van der Waals surface area contributed by atoms with Crippen molar-refractivity contribution in [1.82, 2.24) is 15.7 Å². The van der Waals surface area contributed by atoms with Gasteiger partial charge in [0.25, 0.3) is 0 Å². The number of hydrazone groups is 1. The Morgan fingerprint density at radius 3 is 3.00 bits per heavy atom. The standard InChI is InChI=1S/C13H15ClN4O/c1-8-17-18-13(19-8)10-6-11(14)12(16-7-10)9-2-4-15-5-3-9/h2,6-8,15,17H,3-5H2,1H3. The first-order chi connectivity index (χ1) is 9.24. The van der Waals surface area contributed by atoms with Crippen molar-refractivity contribution in [2.45, 2.75) is 19.6 Å². The van der Waals surface area contributed by atoms with E-state index in [1.54, 1.807) is 6.20 Å². The summed E-state index contributed by atoms with van der Waals surface area (Å²) in [4.78, 5) is 4.45. The summed E-state index contributed by atoms with van der Waals surface area (Å²) in [6.07, 6.45) is 4.72. The van der Waals surface area contributed by atoms with Gasteiger partial charge >= 0.3 is 0 Å². The number of nitrogens with one attached hydrogen (secondary N) is 2. The van der Waals surface area contributed by atoms with Crippen molar-refractivity contribution in [3.05, 3.63) is 34.6 Å². The molecule has 0 saturated carbocycles. The molecule has 6 heteroatoms. The first kappa shape index (κ1) is 12.4. The van der Waals surface area contributed by atoms with Gasteiger partial charge in [0, 0.05) is 12.7 Å². The van der Waals surface area contributed by atoms with Gasteiger partial charge in [0.2, 0.25) is 5.90 Å². The Morgan fingerprint density at radius 1 is 1.47 bits per heavy atom. The van der Waals surface area contributed by atoms with Crippen molar-refractivity contribution in [3.63, 3.8) is 0 Å². The molecule has 0 bridgehead atoms. The second kappa shape index (κ2) is 5.19. The zero-order valence-corrected chi connectivity index (χ0v) is 11.4. The lowest BCUT2D eigenvalue weighted by atomic mass is 10.0. The molecule has 5 nitrogen and oxygen atoms in total. The van der Waals surface area contributed by atoms with Crippen molar-refractivity contribution in [2.75, 3.05) is 13.1 Å². The van der Waals surface area contributed by atoms with Gasteiger partial charge in [-0.3, -0.25) is 10.4 Å². The molecule has 100 valence electrons. The number of ether oxygens (including phenoxy) is 1. The summed E-state index contributed by atoms with van der Waals surface area (Å²) in [6, 6.07) is 1.85. The zero-order chi connectivity index (χ0) is 13.2. The molecule has 0 amide bonds. The molecule has 1 atom stereocenters. The minimum Gasteiger partial charge on any atom is -0.451 e. The van der Waals surface area contributed by atoms with Crippen LogP contribution < -0.4 is 10.7 Å². The van der Waals surface area contributed by atoms with E-state index >= 15 is 0 Å². The number of rotatable bonds is 2. The van der Waals surface area contributed by atoms with Crippen LogP contribution in [-0.4, -0.2) is 30.2 Å². The van der Waals surface area contributed by atoms with E-state index in [0.717, 1.165) is 30.8 Å². The van der Waals surface area contributed by atoms with E-state index < -0.39 is 0 Å². The number of halogens is 1. The highest BCUT2D eigenvalue weighted by Crippen LogP contribution is 2.26. The average Bonchev–Trinajstić information content (AvgIpc) is 2.86. The van der Waals surface area contributed by atoms with Gasteiger partial charge < -0.3 is 10.1 Å². The van der Waals surface area contributed by atoms with E-state index in [2.05, 4.69) is 26.9 Å². The summed E-state index contributed by atoms with van der Waals surface area (Å²) in [5, 5.41) is 8.00. The number of pyridine rings is 1. The summed E-state index contributed by atoms with van der Waals surface area (Å²) < 4.78 is 5.50. The van der Waals surface area contributed by atoms with Crippen molar-refractivity contribution in [1.29, 1.82) is 0 Å². The third kappa shape index (κ3) is 2.57. The third-order valence-corrected chi connectivity index (χ3v) is 3.38. The number of hydrogen-bond acceptors (Lipinski definition) is 5. The number of aromatic nitrogens is 1. The fourth-order valence-corrected chi connectivity index (χ4v) is 2.42. The molecule has 0 fully saturated rings. The van der Waals surface area contributed by atoms with E-state index in [1.807, 2.05) is 13.0 Å². The van der Waals surface area contributed by atoms with Gasteiger partial charge in [-0.2, -0.15) is 0 Å². The molecule has 2 aliphatic rings. The van der Waals surface area contributed by atoms with Crippen LogP contribution in [0.4, 0.5) is 0 Å². The largest absolute Gasteiger partial charge is 0.451 e. The number of hydrogen-bond donors (Lipinski definition) is 2. The number of nitrogens with zero attached hydrogens (tertiary/aromatic N) is 2. The highest BCUT2D eigenvalue weighted by atomic mass is 35.5. The Hall–Kier alpha value is -1.59. The Bertz CT molecular complexity index is 556. The van der Waals surface area contributed by atoms with Crippen LogP contribution >= 0.6 is 11.6 Å². The van der Waals surface area contributed by atoms with Crippen LogP contribution in [0.25, 0.3) is 5.57 Å². The molecule has 1 unspecified atom stereocenters. The van der Waals surface area contributed by atoms with Gasteiger partial charge in [0.1, 0.15) is 0 Å². The fraction of sp³-hybridized carbons (Fsp3) is 0.385. The lowest BCUT2D eigenvalue weighted by molar-refractivity contribution is 0.209. The second-order valence-corrected chi connectivity index (χ2v) is 4.95. The summed E-state index contributed by atoms with van der Waals surface area (Å²) in [5.74, 6) is 0.535. The molecule has 0 aliphatic carbocycles. The van der Waals surface area contributed by atoms with Crippen LogP contribution in [-0.2, 0) is 4.74 Å². The normalized spacial score (nSPS) is 22.3. The van der Waals surface area contributed by atoms with E-state index in [1.165, 1.54) is 5.57 Å². The smallest absolute Gasteiger partial charge is 0.241 e. The first-order valence-corrected chi connectivity index (χ1v) is 6.68. The first-order valence-electron chi connectivity index (χ1n) is 6.30. The lowest BCUT2D eigenvalue weighted by Gasteiger charge is -2.15. The Labute approximate surface area is 116 Å². The van der Waals surface area contributed by atoms with Gasteiger partial charge in [-0.15, -0.1) is 5.10 Å². The predicted octanol–water partition coefficient (Wildman–Crippen LogP) is 1.74. The van der Waals surface area contributed by atoms with Crippen molar-refractivity contribution in [3.8, 4) is 0 Å². The highest BCUT2D eigenvalue weighted by molar-refractivity contribution is 6.32. The molecule has 2 N–H and O–H groups in total. The van der Waals surface area contributed by atoms with Crippen LogP contribution in [0.2, 0.25) is 5.02 Å². The minimum absolute atomic E-state index is 0.111. The van der Waals surface area contributed by atoms with E-state index in [9.17, 15) is 0 Å². The molecule has 3 rings (SSSR count). The maximum atomic E-state index is 6.32. The van der Waals surface area contributed by atoms with Crippen LogP contribution in [0.5, 0.6) is 0 Å². The highest BCUT2D eigenvalue weighted by Gasteiger charge is 2.19. The molecule has 19 heavy (non-hydrogen) atoms. The zero-order valence-electron chi connectivity index (χ0n) is 10.6. The lowest BCUT2D eigenvalue weighted by Crippen LogP contribution is -2.20. The Kier molecular flexibility index (Phi) is 3.40. The van der Waals surface area contributed by atoms with Crippen molar-refractivity contribution >= 4 is 23.1 Å². The second-order valence-electron chi connectivity index (χ2n) is 4.54. The summed E-state index contributed by atoms with van der Waals surface area (Å²) >= 11 is 6.32. The van der Waals surface area contributed by atoms with Crippen LogP contribution in [0.1, 0.15) is 24.6 Å². The summed E-state index contributed by atoms with van der Waals surface area (Å²) in [5.41, 5.74) is 5.68. The molecule has 1 aromatic heterocycles. The van der Waals surface area contributed by atoms with Gasteiger partial charge in [-0.05, 0) is 31.5 Å². The fourth-order valence-electron chi connectivity index (χ4n) is 2.13. The Morgan fingerprint density at radius 2 is 2.37 bits per heavy atom. The SMILES string of the molecule is CC1NN=C(c2cnc(C3=CCNCC3)c(Cl)c2)O1. The molecule has 2 aliphatic heterocycles. The van der Waals surface area contributed by atoms with Gasteiger partial charge in [0.15, 0.2) is 6.23 Å². The average molecular weight is 279 g/mol. The minimum atomic E-state index is -0.111. The quantitative estimate of drug-likeness (QED) is 0.865. The molecular weight excluding hydrogens is 264 g/mol. The Balaban J connectivity index is 1.88. The molecule has 0 aromatic carbocycles. The van der Waals surface area contributed by atoms with Crippen LogP contribution in [0, 0.1) is 0 Å².